The second kappa shape index (κ2) is 24.6. The summed E-state index contributed by atoms with van der Waals surface area (Å²) in [5.41, 5.74) is 4.66. The Hall–Kier alpha value is -6.96. The number of likely N-dealkylation sites (tertiary alicyclic amines) is 2. The lowest BCUT2D eigenvalue weighted by molar-refractivity contribution is -0.137. The van der Waals surface area contributed by atoms with E-state index >= 15 is 4.39 Å². The predicted octanol–water partition coefficient (Wildman–Crippen LogP) is 4.68. The maximum absolute atomic E-state index is 15.2. The van der Waals surface area contributed by atoms with Crippen molar-refractivity contribution in [2.75, 3.05) is 98.2 Å². The van der Waals surface area contributed by atoms with Gasteiger partial charge in [-0.1, -0.05) is 55.7 Å². The molecule has 416 valence electrons. The van der Waals surface area contributed by atoms with Crippen molar-refractivity contribution >= 4 is 40.3 Å². The Bertz CT molecular complexity index is 3060. The maximum atomic E-state index is 15.2. The van der Waals surface area contributed by atoms with E-state index in [-0.39, 0.29) is 46.6 Å². The van der Waals surface area contributed by atoms with Crippen LogP contribution in [0.3, 0.4) is 0 Å². The molecule has 1 aliphatic carbocycles. The molecule has 0 radical (unpaired) electrons. The molecule has 79 heavy (non-hydrogen) atoms. The minimum absolute atomic E-state index is 0.0254. The Morgan fingerprint density at radius 2 is 1.42 bits per heavy atom. The average Bonchev–Trinajstić information content (AvgIpc) is 3.95. The quantitative estimate of drug-likeness (QED) is 0.156. The van der Waals surface area contributed by atoms with Crippen molar-refractivity contribution in [2.45, 2.75) is 89.3 Å². The van der Waals surface area contributed by atoms with Crippen LogP contribution >= 0.6 is 0 Å². The van der Waals surface area contributed by atoms with E-state index in [1.54, 1.807) is 40.4 Å². The summed E-state index contributed by atoms with van der Waals surface area (Å²) in [5.74, 6) is -0.415. The third-order valence-corrected chi connectivity index (χ3v) is 17.7. The number of nitrogens with one attached hydrogen (secondary N) is 2. The van der Waals surface area contributed by atoms with Gasteiger partial charge in [0.2, 0.25) is 17.7 Å². The van der Waals surface area contributed by atoms with Crippen LogP contribution < -0.4 is 10.9 Å². The van der Waals surface area contributed by atoms with Crippen molar-refractivity contribution in [3.05, 3.63) is 135 Å². The third-order valence-electron chi connectivity index (χ3n) is 17.7. The molecular weight excluding hydrogens is 1000 g/mol. The topological polar surface area (TPSA) is 192 Å². The molecule has 18 nitrogen and oxygen atoms in total. The first-order valence-electron chi connectivity index (χ1n) is 28.7. The standard InChI is InChI=1S/C60H73FN12O6/c61-51-16-15-42(31-52-48-13-4-5-14-49(48)58(77)66-65-52)30-50(51)59(78)72-28-26-70(27-29-72)54(74)38-68-24-22-67(23-25-68)34-41-17-20-71(21-18-41)60(79)56(43-8-2-1-3-9-43)64-57(76)45-11-6-10-44(32-45)46-12-7-19-73(36-46)55(75)39-69-35-47-33-62-40-63-53(47)37-69/h4-6,10-11,13-16,30,32-33,40-41,43,46,56H,1-3,7-9,12,17-29,31,34-39H2,(H,64,76)(H,66,77)/t46?,56-/m1/s1. The number of nitrogens with zero attached hydrogens (tertiary/aromatic N) is 10. The number of aromatic nitrogens is 4. The first kappa shape index (κ1) is 54.0. The van der Waals surface area contributed by atoms with Gasteiger partial charge in [-0.2, -0.15) is 5.10 Å². The van der Waals surface area contributed by atoms with E-state index in [9.17, 15) is 28.8 Å². The van der Waals surface area contributed by atoms with Gasteiger partial charge in [-0.3, -0.25) is 38.6 Å². The molecule has 19 heteroatoms. The summed E-state index contributed by atoms with van der Waals surface area (Å²) in [7, 11) is 0. The van der Waals surface area contributed by atoms with Crippen LogP contribution in [0.25, 0.3) is 10.8 Å². The fourth-order valence-corrected chi connectivity index (χ4v) is 13.0. The van der Waals surface area contributed by atoms with Crippen LogP contribution in [-0.4, -0.2) is 188 Å². The van der Waals surface area contributed by atoms with Gasteiger partial charge in [0.15, 0.2) is 0 Å². The van der Waals surface area contributed by atoms with Gasteiger partial charge in [0.1, 0.15) is 18.2 Å². The number of hydrogen-bond donors (Lipinski definition) is 2. The van der Waals surface area contributed by atoms with Gasteiger partial charge >= 0.3 is 0 Å². The Kier molecular flexibility index (Phi) is 16.8. The smallest absolute Gasteiger partial charge is 0.272 e. The van der Waals surface area contributed by atoms with Crippen molar-refractivity contribution in [1.29, 1.82) is 0 Å². The lowest BCUT2D eigenvalue weighted by Gasteiger charge is -2.41. The van der Waals surface area contributed by atoms with Gasteiger partial charge in [-0.25, -0.2) is 19.5 Å². The van der Waals surface area contributed by atoms with Gasteiger partial charge < -0.3 is 29.8 Å². The number of hydrogen-bond acceptors (Lipinski definition) is 12. The number of halogens is 1. The summed E-state index contributed by atoms with van der Waals surface area (Å²) in [4.78, 5) is 104. The van der Waals surface area contributed by atoms with Crippen LogP contribution in [0.1, 0.15) is 112 Å². The minimum Gasteiger partial charge on any atom is -0.341 e. The second-order valence-electron chi connectivity index (χ2n) is 22.8. The molecule has 0 bridgehead atoms. The highest BCUT2D eigenvalue weighted by atomic mass is 19.1. The Morgan fingerprint density at radius 3 is 2.20 bits per heavy atom. The molecule has 5 amide bonds. The number of carbonyl (C=O) groups is 5. The van der Waals surface area contributed by atoms with Crippen molar-refractivity contribution in [1.82, 2.24) is 59.8 Å². The number of H-pyrrole nitrogens is 1. The zero-order valence-electron chi connectivity index (χ0n) is 45.2. The van der Waals surface area contributed by atoms with E-state index in [0.717, 1.165) is 114 Å². The van der Waals surface area contributed by atoms with Gasteiger partial charge in [-0.05, 0) is 91.8 Å². The summed E-state index contributed by atoms with van der Waals surface area (Å²) in [5, 5.41) is 11.3. The number of rotatable bonds is 14. The predicted molar refractivity (Wildman–Crippen MR) is 295 cm³/mol. The SMILES string of the molecule is O=C(N[C@@H](C(=O)N1CCC(CN2CCN(CC(=O)N3CCN(C(=O)c4cc(Cc5n[nH]c(=O)c6ccccc56)ccc4F)CC3)CC2)CC1)C1CCCCC1)c1cccc(C2CCCN(C(=O)CN3Cc4cncnc4C3)C2)c1. The minimum atomic E-state index is -0.608. The molecule has 1 saturated carbocycles. The van der Waals surface area contributed by atoms with Crippen molar-refractivity contribution in [3.63, 3.8) is 0 Å². The van der Waals surface area contributed by atoms with E-state index in [2.05, 4.69) is 46.2 Å². The number of piperidine rings is 2. The van der Waals surface area contributed by atoms with Crippen molar-refractivity contribution in [2.24, 2.45) is 11.8 Å². The van der Waals surface area contributed by atoms with Crippen LogP contribution in [0.2, 0.25) is 0 Å². The van der Waals surface area contributed by atoms with Gasteiger partial charge in [0.05, 0.1) is 35.4 Å². The summed E-state index contributed by atoms with van der Waals surface area (Å²) in [6.45, 7) is 10.2. The molecule has 0 spiro atoms. The number of amides is 5. The van der Waals surface area contributed by atoms with Crippen LogP contribution in [0, 0.1) is 17.7 Å². The van der Waals surface area contributed by atoms with Gasteiger partial charge in [-0.15, -0.1) is 0 Å². The van der Waals surface area contributed by atoms with Crippen molar-refractivity contribution < 1.29 is 28.4 Å². The zero-order valence-corrected chi connectivity index (χ0v) is 45.2. The Labute approximate surface area is 460 Å². The maximum Gasteiger partial charge on any atom is 0.272 e. The number of fused-ring (bicyclic) bond motifs is 2. The first-order valence-corrected chi connectivity index (χ1v) is 28.7. The third kappa shape index (κ3) is 12.7. The number of aromatic amines is 1. The summed E-state index contributed by atoms with van der Waals surface area (Å²) >= 11 is 0. The van der Waals surface area contributed by atoms with Gasteiger partial charge in [0, 0.05) is 133 Å². The average molecular weight is 1080 g/mol. The molecular formula is C60H73FN12O6. The molecule has 1 unspecified atom stereocenters. The van der Waals surface area contributed by atoms with Crippen LogP contribution in [0.5, 0.6) is 0 Å². The first-order chi connectivity index (χ1) is 38.5. The molecule has 7 heterocycles. The van der Waals surface area contributed by atoms with Crippen LogP contribution in [0.4, 0.5) is 4.39 Å². The van der Waals surface area contributed by atoms with E-state index in [4.69, 9.17) is 0 Å². The van der Waals surface area contributed by atoms with Gasteiger partial charge in [0.25, 0.3) is 17.4 Å². The molecule has 6 aliphatic rings. The van der Waals surface area contributed by atoms with E-state index in [0.29, 0.717) is 112 Å². The molecule has 5 aromatic rings. The van der Waals surface area contributed by atoms with Crippen molar-refractivity contribution in [3.8, 4) is 0 Å². The molecule has 4 saturated heterocycles. The summed E-state index contributed by atoms with van der Waals surface area (Å²) in [6, 6.07) is 18.9. The van der Waals surface area contributed by atoms with Crippen LogP contribution in [-0.2, 0) is 33.9 Å². The number of carbonyl (C=O) groups excluding carboxylic acids is 5. The normalized spacial score (nSPS) is 20.5. The monoisotopic (exact) mass is 1080 g/mol. The highest BCUT2D eigenvalue weighted by Crippen LogP contribution is 2.32. The second-order valence-corrected chi connectivity index (χ2v) is 22.8. The fraction of sp³-hybridized carbons (Fsp3) is 0.517. The molecule has 5 fully saturated rings. The largest absolute Gasteiger partial charge is 0.341 e. The number of benzene rings is 3. The summed E-state index contributed by atoms with van der Waals surface area (Å²) < 4.78 is 15.2. The highest BCUT2D eigenvalue weighted by Gasteiger charge is 2.37. The van der Waals surface area contributed by atoms with E-state index < -0.39 is 17.8 Å². The summed E-state index contributed by atoms with van der Waals surface area (Å²) in [6.07, 6.45) is 12.4. The van der Waals surface area contributed by atoms with E-state index in [1.807, 2.05) is 46.3 Å². The van der Waals surface area contributed by atoms with Crippen LogP contribution in [0.15, 0.2) is 84.0 Å². The Morgan fingerprint density at radius 1 is 0.684 bits per heavy atom. The fourth-order valence-electron chi connectivity index (χ4n) is 13.0. The Balaban J connectivity index is 0.612. The lowest BCUT2D eigenvalue weighted by Crippen LogP contribution is -2.55. The molecule has 2 aromatic heterocycles. The molecule has 11 rings (SSSR count). The number of piperazine rings is 2. The van der Waals surface area contributed by atoms with E-state index in [1.165, 1.54) is 6.07 Å². The molecule has 5 aliphatic heterocycles. The highest BCUT2D eigenvalue weighted by molar-refractivity contribution is 5.98. The molecule has 3 aromatic carbocycles. The molecule has 2 atom stereocenters. The lowest BCUT2D eigenvalue weighted by atomic mass is 9.82. The zero-order chi connectivity index (χ0) is 54.4. The molecule has 2 N–H and O–H groups in total.